The lowest BCUT2D eigenvalue weighted by Gasteiger charge is -1.07. The molecule has 0 N–H and O–H groups in total. The van der Waals surface area contributed by atoms with Gasteiger partial charge < -0.3 is 0 Å². The van der Waals surface area contributed by atoms with Gasteiger partial charge in [-0.25, -0.2) is 0 Å². The molecule has 0 aromatic rings. The molecular weight excluding hydrogens is 72.1 g/mol. The van der Waals surface area contributed by atoms with E-state index in [1.165, 1.54) is 0 Å². The molecule has 0 amide bonds. The first-order valence-electron chi connectivity index (χ1n) is 1.00. The van der Waals surface area contributed by atoms with Crippen molar-refractivity contribution in [1.29, 1.82) is 0 Å². The highest BCUT2D eigenvalue weighted by Crippen LogP contribution is 1.14. The van der Waals surface area contributed by atoms with Gasteiger partial charge in [0.05, 0.1) is 0 Å². The van der Waals surface area contributed by atoms with Gasteiger partial charge in [0.25, 0.3) is 0 Å². The smallest absolute Gasteiger partial charge is 0.0683 e. The molecular formula is C6H22. The maximum Gasteiger partial charge on any atom is -0.0683 e. The lowest BCUT2D eigenvalue weighted by molar-refractivity contribution is 1.50. The van der Waals surface area contributed by atoms with Gasteiger partial charge in [0.2, 0.25) is 0 Å². The van der Waals surface area contributed by atoms with Gasteiger partial charge in [-0.1, -0.05) is 43.6 Å². The number of hydrogen-bond donors (Lipinski definition) is 0. The lowest BCUT2D eigenvalue weighted by Crippen LogP contribution is -0.856. The van der Waals surface area contributed by atoms with Crippen LogP contribution in [0.15, 0.2) is 0 Å². The van der Waals surface area contributed by atoms with Crippen molar-refractivity contribution in [3.8, 4) is 0 Å². The Morgan fingerprint density at radius 2 is 0.500 bits per heavy atom. The Hall–Kier alpha value is 0. The van der Waals surface area contributed by atoms with E-state index in [1.54, 1.807) is 0 Å². The first-order chi connectivity index (χ1) is 1.00. The van der Waals surface area contributed by atoms with Crippen LogP contribution >= 0.6 is 0 Å². The molecule has 0 atom stereocenters. The molecule has 0 fully saturated rings. The Morgan fingerprint density at radius 3 is 0.500 bits per heavy atom. The summed E-state index contributed by atoms with van der Waals surface area (Å²) < 4.78 is 0. The highest BCUT2D eigenvalue weighted by molar-refractivity contribution is 3.50. The zero-order valence-electron chi connectivity index (χ0n) is 2.00. The fraction of sp³-hybridized carbons (Fsp3) is 1.00. The van der Waals surface area contributed by atoms with Crippen molar-refractivity contribution in [2.45, 2.75) is 43.6 Å². The van der Waals surface area contributed by atoms with Crippen LogP contribution in [0.5, 0.6) is 0 Å². The van der Waals surface area contributed by atoms with Crippen LogP contribution < -0.4 is 0 Å². The quantitative estimate of drug-likeness (QED) is 0.430. The predicted octanol–water partition coefficient (Wildman–Crippen LogP) is 3.57. The third-order valence-corrected chi connectivity index (χ3v) is 0. The molecule has 6 heavy (non-hydrogen) atoms. The average Bonchev–Trinajstić information content (AvgIpc) is 1.00. The fourth-order valence-electron chi connectivity index (χ4n) is 0. The van der Waals surface area contributed by atoms with E-state index in [4.69, 9.17) is 0 Å². The maximum absolute atomic E-state index is 2.00. The second-order valence-corrected chi connectivity index (χ2v) is 0. The summed E-state index contributed by atoms with van der Waals surface area (Å²) in [6, 6.07) is 0. The summed E-state index contributed by atoms with van der Waals surface area (Å²) in [5.41, 5.74) is 0. The molecule has 0 radical (unpaired) electrons. The van der Waals surface area contributed by atoms with E-state index in [1.807, 2.05) is 13.8 Å². The van der Waals surface area contributed by atoms with Crippen molar-refractivity contribution < 1.29 is 0 Å². The van der Waals surface area contributed by atoms with Crippen molar-refractivity contribution in [2.24, 2.45) is 0 Å². The van der Waals surface area contributed by atoms with Crippen LogP contribution in [0, 0.1) is 0 Å². The SMILES string of the molecule is C.C.C.C.CC. The van der Waals surface area contributed by atoms with Gasteiger partial charge in [-0.3, -0.25) is 0 Å². The number of hydrogen-bond acceptors (Lipinski definition) is 0. The Balaban J connectivity index is -0.000000000833. The van der Waals surface area contributed by atoms with Crippen molar-refractivity contribution in [1.82, 2.24) is 0 Å². The molecule has 0 aliphatic carbocycles. The molecule has 0 aromatic heterocycles. The Bertz CT molecular complexity index is 0. The molecule has 0 aliphatic rings. The second kappa shape index (κ2) is 0. The topological polar surface area (TPSA) is 0 Å². The van der Waals surface area contributed by atoms with Gasteiger partial charge in [-0.15, -0.1) is 0 Å². The molecule has 0 heterocycles. The molecule has 0 spiro atoms. The molecule has 46 valence electrons. The van der Waals surface area contributed by atoms with Gasteiger partial charge in [-0.05, 0) is 0 Å². The van der Waals surface area contributed by atoms with E-state index >= 15 is 0 Å². The van der Waals surface area contributed by atoms with Crippen molar-refractivity contribution in [3.63, 3.8) is 0 Å². The second-order valence-electron chi connectivity index (χ2n) is 0. The van der Waals surface area contributed by atoms with E-state index in [0.717, 1.165) is 0 Å². The van der Waals surface area contributed by atoms with Crippen LogP contribution in [-0.2, 0) is 0 Å². The standard InChI is InChI=1S/C2H6.4CH4/c1-2;;;;/h1-2H3;4*1H4. The summed E-state index contributed by atoms with van der Waals surface area (Å²) in [4.78, 5) is 0. The summed E-state index contributed by atoms with van der Waals surface area (Å²) >= 11 is 0. The first-order valence-corrected chi connectivity index (χ1v) is 1.00. The van der Waals surface area contributed by atoms with Crippen LogP contribution in [0.4, 0.5) is 0 Å². The summed E-state index contributed by atoms with van der Waals surface area (Å²) in [6.45, 7) is 4.00. The van der Waals surface area contributed by atoms with E-state index in [9.17, 15) is 0 Å². The summed E-state index contributed by atoms with van der Waals surface area (Å²) in [5, 5.41) is 0. The Kier molecular flexibility index (Phi) is 0. The van der Waals surface area contributed by atoms with E-state index in [0.29, 0.717) is 0 Å². The predicted molar refractivity (Wildman–Crippen MR) is 38.3 cm³/mol. The molecule has 0 aliphatic heterocycles. The van der Waals surface area contributed by atoms with Gasteiger partial charge in [0.1, 0.15) is 0 Å². The van der Waals surface area contributed by atoms with Crippen LogP contribution in [-0.4, -0.2) is 0 Å². The Labute approximate surface area is 44.6 Å². The van der Waals surface area contributed by atoms with Crippen LogP contribution in [0.25, 0.3) is 0 Å². The molecule has 0 aromatic carbocycles. The third-order valence-electron chi connectivity index (χ3n) is 0. The normalized spacial score (nSPS) is 1.00. The monoisotopic (exact) mass is 94.2 g/mol. The lowest BCUT2D eigenvalue weighted by atomic mass is 11.0. The molecule has 0 saturated carbocycles. The fourth-order valence-corrected chi connectivity index (χ4v) is 0. The molecule has 0 nitrogen and oxygen atoms in total. The van der Waals surface area contributed by atoms with Gasteiger partial charge in [0, 0.05) is 0 Å². The summed E-state index contributed by atoms with van der Waals surface area (Å²) in [6.07, 6.45) is 0. The summed E-state index contributed by atoms with van der Waals surface area (Å²) in [5.74, 6) is 0. The molecule has 0 heteroatoms. The van der Waals surface area contributed by atoms with Gasteiger partial charge >= 0.3 is 0 Å². The highest BCUT2D eigenvalue weighted by Gasteiger charge is 0.932. The largest absolute Gasteiger partial charge is 0.0776 e. The molecule has 0 unspecified atom stereocenters. The molecule has 0 bridgehead atoms. The first kappa shape index (κ1) is 150. The van der Waals surface area contributed by atoms with Gasteiger partial charge in [-0.2, -0.15) is 0 Å². The van der Waals surface area contributed by atoms with Crippen LogP contribution in [0.3, 0.4) is 0 Å². The van der Waals surface area contributed by atoms with Crippen molar-refractivity contribution >= 4 is 0 Å². The van der Waals surface area contributed by atoms with Crippen molar-refractivity contribution in [3.05, 3.63) is 0 Å². The zero-order valence-corrected chi connectivity index (χ0v) is 2.00. The third kappa shape index (κ3) is 0. The molecule has 0 rings (SSSR count). The van der Waals surface area contributed by atoms with Crippen LogP contribution in [0.2, 0.25) is 0 Å². The van der Waals surface area contributed by atoms with E-state index < -0.39 is 0 Å². The minimum atomic E-state index is 0. The summed E-state index contributed by atoms with van der Waals surface area (Å²) in [7, 11) is 0. The number of rotatable bonds is 0. The molecule has 0 saturated heterocycles. The van der Waals surface area contributed by atoms with E-state index in [-0.39, 0.29) is 29.7 Å². The minimum Gasteiger partial charge on any atom is -0.0776 e. The van der Waals surface area contributed by atoms with Crippen molar-refractivity contribution in [2.75, 3.05) is 0 Å². The van der Waals surface area contributed by atoms with E-state index in [2.05, 4.69) is 0 Å². The van der Waals surface area contributed by atoms with Crippen LogP contribution in [0.1, 0.15) is 43.6 Å². The van der Waals surface area contributed by atoms with Gasteiger partial charge in [0.15, 0.2) is 0 Å². The highest BCUT2D eigenvalue weighted by atomic mass is 13.0. The Morgan fingerprint density at radius 1 is 0.500 bits per heavy atom. The average molecular weight is 94.2 g/mol. The minimum absolute atomic E-state index is 0. The maximum atomic E-state index is 2.00. The zero-order chi connectivity index (χ0) is 2.00.